The lowest BCUT2D eigenvalue weighted by atomic mass is 9.81. The minimum atomic E-state index is -0.0564. The van der Waals surface area contributed by atoms with Gasteiger partial charge in [-0.2, -0.15) is 0 Å². The first-order valence-electron chi connectivity index (χ1n) is 20.5. The number of allylic oxidation sites excluding steroid dienone is 8. The third-order valence-electron chi connectivity index (χ3n) is 11.7. The average molecular weight is 764 g/mol. The normalized spacial score (nSPS) is 13.4. The molecule has 0 saturated heterocycles. The summed E-state index contributed by atoms with van der Waals surface area (Å²) in [6, 6.07) is 51.9. The van der Waals surface area contributed by atoms with E-state index in [0.717, 1.165) is 56.7 Å². The predicted octanol–water partition coefficient (Wildman–Crippen LogP) is 15.9. The van der Waals surface area contributed by atoms with Crippen LogP contribution < -0.4 is 0 Å². The summed E-state index contributed by atoms with van der Waals surface area (Å²) in [6.45, 7) is 26.0. The first kappa shape index (κ1) is 40.4. The Bertz CT molecular complexity index is 2750. The Hall–Kier alpha value is -6.79. The van der Waals surface area contributed by atoms with E-state index in [0.29, 0.717) is 5.70 Å². The lowest BCUT2D eigenvalue weighted by Crippen LogP contribution is -2.14. The molecule has 0 fully saturated rings. The Balaban J connectivity index is 1.25. The third kappa shape index (κ3) is 8.58. The minimum Gasteiger partial charge on any atom is -0.239 e. The summed E-state index contributed by atoms with van der Waals surface area (Å²) in [6.07, 6.45) is 6.93. The van der Waals surface area contributed by atoms with Crippen LogP contribution in [-0.2, 0) is 5.41 Å². The van der Waals surface area contributed by atoms with Crippen molar-refractivity contribution >= 4 is 22.6 Å². The molecule has 6 aromatic carbocycles. The molecule has 0 saturated carbocycles. The zero-order valence-corrected chi connectivity index (χ0v) is 35.4. The minimum absolute atomic E-state index is 0.0564. The molecule has 0 heterocycles. The molecule has 0 N–H and O–H groups in total. The van der Waals surface area contributed by atoms with E-state index >= 15 is 0 Å². The van der Waals surface area contributed by atoms with Gasteiger partial charge in [-0.1, -0.05) is 191 Å². The van der Waals surface area contributed by atoms with Gasteiger partial charge in [-0.25, -0.2) is 4.99 Å². The molecule has 0 radical (unpaired) electrons. The molecule has 0 atom stereocenters. The fourth-order valence-corrected chi connectivity index (χ4v) is 8.00. The van der Waals surface area contributed by atoms with Gasteiger partial charge < -0.3 is 0 Å². The zero-order valence-electron chi connectivity index (χ0n) is 35.4. The second-order valence-electron chi connectivity index (χ2n) is 16.1. The van der Waals surface area contributed by atoms with E-state index in [2.05, 4.69) is 194 Å². The van der Waals surface area contributed by atoms with E-state index < -0.39 is 0 Å². The zero-order chi connectivity index (χ0) is 41.7. The highest BCUT2D eigenvalue weighted by Crippen LogP contribution is 2.49. The Morgan fingerprint density at radius 3 is 1.88 bits per heavy atom. The van der Waals surface area contributed by atoms with E-state index in [9.17, 15) is 0 Å². The van der Waals surface area contributed by atoms with E-state index in [1.54, 1.807) is 6.08 Å². The van der Waals surface area contributed by atoms with Crippen LogP contribution in [0.4, 0.5) is 0 Å². The number of hydrogen-bond acceptors (Lipinski definition) is 1. The highest BCUT2D eigenvalue weighted by molar-refractivity contribution is 6.10. The summed E-state index contributed by atoms with van der Waals surface area (Å²) in [7, 11) is 0. The van der Waals surface area contributed by atoms with Crippen molar-refractivity contribution in [3.8, 4) is 33.4 Å². The smallest absolute Gasteiger partial charge is 0.113 e. The third-order valence-corrected chi connectivity index (χ3v) is 11.7. The van der Waals surface area contributed by atoms with Gasteiger partial charge in [-0.05, 0) is 130 Å². The summed E-state index contributed by atoms with van der Waals surface area (Å²) in [4.78, 5) is 5.18. The van der Waals surface area contributed by atoms with Crippen molar-refractivity contribution in [2.24, 2.45) is 4.99 Å². The molecule has 1 aliphatic rings. The second kappa shape index (κ2) is 17.4. The molecule has 0 aromatic heterocycles. The van der Waals surface area contributed by atoms with E-state index in [1.165, 1.54) is 50.1 Å². The molecule has 0 bridgehead atoms. The van der Waals surface area contributed by atoms with Gasteiger partial charge in [0.05, 0.1) is 5.71 Å². The van der Waals surface area contributed by atoms with Gasteiger partial charge in [0.15, 0.2) is 0 Å². The maximum absolute atomic E-state index is 5.18. The van der Waals surface area contributed by atoms with Crippen molar-refractivity contribution in [2.45, 2.75) is 53.4 Å². The average Bonchev–Trinajstić information content (AvgIpc) is 3.50. The highest BCUT2D eigenvalue weighted by atomic mass is 14.8. The molecule has 6 aromatic rings. The van der Waals surface area contributed by atoms with Crippen molar-refractivity contribution in [1.82, 2.24) is 0 Å². The predicted molar refractivity (Wildman–Crippen MR) is 256 cm³/mol. The van der Waals surface area contributed by atoms with Gasteiger partial charge in [-0.3, -0.25) is 0 Å². The topological polar surface area (TPSA) is 12.4 Å². The van der Waals surface area contributed by atoms with Crippen LogP contribution >= 0.6 is 0 Å². The highest BCUT2D eigenvalue weighted by Gasteiger charge is 2.35. The van der Waals surface area contributed by atoms with Crippen LogP contribution in [0.1, 0.15) is 81.3 Å². The van der Waals surface area contributed by atoms with Crippen LogP contribution in [0.15, 0.2) is 211 Å². The molecule has 290 valence electrons. The Morgan fingerprint density at radius 1 is 0.610 bits per heavy atom. The monoisotopic (exact) mass is 763 g/mol. The van der Waals surface area contributed by atoms with Gasteiger partial charge in [0, 0.05) is 16.5 Å². The van der Waals surface area contributed by atoms with Gasteiger partial charge in [0.2, 0.25) is 0 Å². The van der Waals surface area contributed by atoms with Gasteiger partial charge >= 0.3 is 0 Å². The largest absolute Gasteiger partial charge is 0.239 e. The van der Waals surface area contributed by atoms with Crippen LogP contribution in [0, 0.1) is 0 Å². The van der Waals surface area contributed by atoms with Crippen LogP contribution in [0.25, 0.3) is 50.2 Å². The molecule has 0 unspecified atom stereocenters. The molecule has 59 heavy (non-hydrogen) atoms. The first-order chi connectivity index (χ1) is 28.5. The van der Waals surface area contributed by atoms with Crippen molar-refractivity contribution in [2.75, 3.05) is 0 Å². The SMILES string of the molecule is C=CC(=NC(=C=CC(=C)c1ccc(C(=C/C(=C)C)/C(C)=C(/C)CC)cc1)c1cccc(-c2cccc(-c3ccc4c(c3)C(C)(C)c3ccccc3-4)c2)c1)c1ccccc1. The fourth-order valence-electron chi connectivity index (χ4n) is 8.00. The lowest BCUT2D eigenvalue weighted by molar-refractivity contribution is 0.660. The quantitative estimate of drug-likeness (QED) is 0.0669. The summed E-state index contributed by atoms with van der Waals surface area (Å²) >= 11 is 0. The Labute approximate surface area is 352 Å². The van der Waals surface area contributed by atoms with Crippen molar-refractivity contribution < 1.29 is 0 Å². The van der Waals surface area contributed by atoms with Crippen molar-refractivity contribution in [3.63, 3.8) is 0 Å². The molecule has 1 aliphatic carbocycles. The molecule has 7 rings (SSSR count). The molecule has 0 spiro atoms. The van der Waals surface area contributed by atoms with Crippen LogP contribution in [0.5, 0.6) is 0 Å². The summed E-state index contributed by atoms with van der Waals surface area (Å²) in [5.74, 6) is 0. The van der Waals surface area contributed by atoms with Crippen molar-refractivity contribution in [3.05, 3.63) is 239 Å². The lowest BCUT2D eigenvalue weighted by Gasteiger charge is -2.22. The molecule has 0 aliphatic heterocycles. The van der Waals surface area contributed by atoms with E-state index in [4.69, 9.17) is 4.99 Å². The maximum atomic E-state index is 5.18. The molecular formula is C58H53N. The standard InChI is InChI=1S/C58H53N/c1-10-40(5)42(7)53(35-39(3)4)44-30-28-43(29-31-44)41(6)27-34-57(59-56(11-2)45-19-13-12-14-20-45)50-24-18-23-48(37-50)46-21-17-22-47(36-46)49-32-33-52-51-25-15-16-26-54(51)58(8,9)55(52)38-49/h11-33,35-38H,2-3,6,10H2,1,4-5,7-9H3/b42-40-,53-35+,59-56?. The molecular weight excluding hydrogens is 711 g/mol. The Kier molecular flexibility index (Phi) is 11.9. The van der Waals surface area contributed by atoms with Gasteiger partial charge in [0.25, 0.3) is 0 Å². The Morgan fingerprint density at radius 2 is 1.20 bits per heavy atom. The number of hydrogen-bond donors (Lipinski definition) is 0. The van der Waals surface area contributed by atoms with E-state index in [-0.39, 0.29) is 5.41 Å². The molecule has 1 nitrogen and oxygen atoms in total. The number of aliphatic imine (C=N–C) groups is 1. The number of fused-ring (bicyclic) bond motifs is 3. The van der Waals surface area contributed by atoms with E-state index in [1.807, 2.05) is 31.2 Å². The number of nitrogens with zero attached hydrogens (tertiary/aromatic N) is 1. The second-order valence-corrected chi connectivity index (χ2v) is 16.1. The van der Waals surface area contributed by atoms with Crippen molar-refractivity contribution in [1.29, 1.82) is 0 Å². The fraction of sp³-hybridized carbons (Fsp3) is 0.138. The number of benzene rings is 6. The summed E-state index contributed by atoms with van der Waals surface area (Å²) in [5, 5.41) is 0. The van der Waals surface area contributed by atoms with Crippen LogP contribution in [0.2, 0.25) is 0 Å². The first-order valence-corrected chi connectivity index (χ1v) is 20.5. The summed E-state index contributed by atoms with van der Waals surface area (Å²) in [5.41, 5.74) is 24.9. The molecule has 1 heteroatoms. The van der Waals surface area contributed by atoms with Crippen LogP contribution in [-0.4, -0.2) is 5.71 Å². The van der Waals surface area contributed by atoms with Crippen LogP contribution in [0.3, 0.4) is 0 Å². The number of rotatable bonds is 12. The summed E-state index contributed by atoms with van der Waals surface area (Å²) < 4.78 is 0. The van der Waals surface area contributed by atoms with Gasteiger partial charge in [-0.15, -0.1) is 0 Å². The van der Waals surface area contributed by atoms with Gasteiger partial charge in [0.1, 0.15) is 5.70 Å². The molecule has 0 amide bonds. The maximum Gasteiger partial charge on any atom is 0.113 e.